The fourth-order valence-corrected chi connectivity index (χ4v) is 3.09. The zero-order valence-corrected chi connectivity index (χ0v) is 17.3. The Labute approximate surface area is 179 Å². The van der Waals surface area contributed by atoms with Crippen molar-refractivity contribution in [1.82, 2.24) is 15.0 Å². The van der Waals surface area contributed by atoms with Gasteiger partial charge in [0.15, 0.2) is 11.5 Å². The summed E-state index contributed by atoms with van der Waals surface area (Å²) < 4.78 is 29.3. The minimum atomic E-state index is -0.314. The SMILES string of the molecule is COc1ccc(Nc2nc(Nc3ccc(F)cc3)nc(N3CCOCC3)n2)cc1OC. The van der Waals surface area contributed by atoms with Crippen molar-refractivity contribution in [1.29, 1.82) is 0 Å². The lowest BCUT2D eigenvalue weighted by atomic mass is 10.3. The highest BCUT2D eigenvalue weighted by Gasteiger charge is 2.17. The molecule has 0 atom stereocenters. The Hall–Kier alpha value is -3.66. The highest BCUT2D eigenvalue weighted by Crippen LogP contribution is 2.31. The summed E-state index contributed by atoms with van der Waals surface area (Å²) in [4.78, 5) is 15.6. The Morgan fingerprint density at radius 1 is 0.839 bits per heavy atom. The van der Waals surface area contributed by atoms with Gasteiger partial charge in [0, 0.05) is 30.5 Å². The highest BCUT2D eigenvalue weighted by atomic mass is 19.1. The molecule has 1 aromatic heterocycles. The van der Waals surface area contributed by atoms with Crippen molar-refractivity contribution in [2.45, 2.75) is 0 Å². The van der Waals surface area contributed by atoms with Crippen LogP contribution in [-0.2, 0) is 4.74 Å². The Kier molecular flexibility index (Phi) is 6.27. The monoisotopic (exact) mass is 426 g/mol. The lowest BCUT2D eigenvalue weighted by Crippen LogP contribution is -2.37. The van der Waals surface area contributed by atoms with Crippen LogP contribution in [-0.4, -0.2) is 55.5 Å². The first kappa shape index (κ1) is 20.6. The zero-order chi connectivity index (χ0) is 21.6. The molecule has 1 saturated heterocycles. The van der Waals surface area contributed by atoms with Crippen LogP contribution in [0.2, 0.25) is 0 Å². The fraction of sp³-hybridized carbons (Fsp3) is 0.286. The maximum Gasteiger partial charge on any atom is 0.233 e. The first-order valence-electron chi connectivity index (χ1n) is 9.75. The number of nitrogens with one attached hydrogen (secondary N) is 2. The van der Waals surface area contributed by atoms with Crippen LogP contribution in [0.25, 0.3) is 0 Å². The Balaban J connectivity index is 1.64. The molecule has 4 rings (SSSR count). The molecule has 0 amide bonds. The summed E-state index contributed by atoms with van der Waals surface area (Å²) in [6, 6.07) is 11.4. The third-order valence-electron chi connectivity index (χ3n) is 4.66. The van der Waals surface area contributed by atoms with Crippen LogP contribution in [0.5, 0.6) is 11.5 Å². The van der Waals surface area contributed by atoms with E-state index in [9.17, 15) is 4.39 Å². The normalized spacial score (nSPS) is 13.6. The second-order valence-corrected chi connectivity index (χ2v) is 6.71. The first-order valence-corrected chi connectivity index (χ1v) is 9.75. The summed E-state index contributed by atoms with van der Waals surface area (Å²) in [6.45, 7) is 2.56. The quantitative estimate of drug-likeness (QED) is 0.590. The maximum atomic E-state index is 13.2. The van der Waals surface area contributed by atoms with E-state index in [1.54, 1.807) is 38.5 Å². The smallest absolute Gasteiger partial charge is 0.233 e. The molecular formula is C21H23FN6O3. The number of aromatic nitrogens is 3. The second kappa shape index (κ2) is 9.43. The molecule has 1 aliphatic rings. The Bertz CT molecular complexity index is 1030. The van der Waals surface area contributed by atoms with E-state index in [2.05, 4.69) is 25.6 Å². The van der Waals surface area contributed by atoms with Crippen LogP contribution < -0.4 is 25.0 Å². The average molecular weight is 426 g/mol. The summed E-state index contributed by atoms with van der Waals surface area (Å²) in [5, 5.41) is 6.30. The molecule has 2 N–H and O–H groups in total. The molecule has 2 aromatic carbocycles. The number of methoxy groups -OCH3 is 2. The summed E-state index contributed by atoms with van der Waals surface area (Å²) in [5.74, 6) is 2.10. The van der Waals surface area contributed by atoms with Gasteiger partial charge in [0.2, 0.25) is 17.8 Å². The van der Waals surface area contributed by atoms with Gasteiger partial charge >= 0.3 is 0 Å². The van der Waals surface area contributed by atoms with Gasteiger partial charge in [-0.15, -0.1) is 0 Å². The molecule has 0 radical (unpaired) electrons. The molecule has 3 aromatic rings. The van der Waals surface area contributed by atoms with Gasteiger partial charge in [-0.25, -0.2) is 4.39 Å². The minimum Gasteiger partial charge on any atom is -0.493 e. The van der Waals surface area contributed by atoms with Crippen LogP contribution >= 0.6 is 0 Å². The summed E-state index contributed by atoms with van der Waals surface area (Å²) in [5.41, 5.74) is 1.39. The van der Waals surface area contributed by atoms with E-state index in [0.717, 1.165) is 5.69 Å². The van der Waals surface area contributed by atoms with Crippen LogP contribution in [0.1, 0.15) is 0 Å². The third kappa shape index (κ3) is 5.10. The molecule has 31 heavy (non-hydrogen) atoms. The van der Waals surface area contributed by atoms with Crippen molar-refractivity contribution in [3.63, 3.8) is 0 Å². The predicted molar refractivity (Wildman–Crippen MR) is 115 cm³/mol. The van der Waals surface area contributed by atoms with Gasteiger partial charge in [-0.05, 0) is 36.4 Å². The van der Waals surface area contributed by atoms with Crippen LogP contribution in [0.3, 0.4) is 0 Å². The van der Waals surface area contributed by atoms with E-state index in [1.807, 2.05) is 11.0 Å². The van der Waals surface area contributed by atoms with Crippen LogP contribution in [0, 0.1) is 5.82 Å². The van der Waals surface area contributed by atoms with Crippen LogP contribution in [0.4, 0.5) is 33.6 Å². The molecule has 0 unspecified atom stereocenters. The molecule has 0 spiro atoms. The van der Waals surface area contributed by atoms with E-state index < -0.39 is 0 Å². The van der Waals surface area contributed by atoms with Gasteiger partial charge in [0.05, 0.1) is 27.4 Å². The van der Waals surface area contributed by atoms with E-state index >= 15 is 0 Å². The minimum absolute atomic E-state index is 0.314. The van der Waals surface area contributed by atoms with Crippen molar-refractivity contribution in [3.05, 3.63) is 48.3 Å². The third-order valence-corrected chi connectivity index (χ3v) is 4.66. The summed E-state index contributed by atoms with van der Waals surface area (Å²) in [6.07, 6.45) is 0. The molecule has 0 aliphatic carbocycles. The van der Waals surface area contributed by atoms with E-state index in [1.165, 1.54) is 12.1 Å². The van der Waals surface area contributed by atoms with Gasteiger partial charge < -0.3 is 29.7 Å². The Morgan fingerprint density at radius 2 is 1.45 bits per heavy atom. The number of morpholine rings is 1. The molecular weight excluding hydrogens is 403 g/mol. The number of benzene rings is 2. The number of ether oxygens (including phenoxy) is 3. The van der Waals surface area contributed by atoms with Gasteiger partial charge in [-0.3, -0.25) is 0 Å². The molecule has 9 nitrogen and oxygen atoms in total. The van der Waals surface area contributed by atoms with Gasteiger partial charge in [0.1, 0.15) is 5.82 Å². The van der Waals surface area contributed by atoms with Crippen molar-refractivity contribution in [3.8, 4) is 11.5 Å². The number of rotatable bonds is 7. The van der Waals surface area contributed by atoms with E-state index in [0.29, 0.717) is 61.3 Å². The van der Waals surface area contributed by atoms with Gasteiger partial charge in [0.25, 0.3) is 0 Å². The van der Waals surface area contributed by atoms with Crippen molar-refractivity contribution in [2.75, 3.05) is 56.1 Å². The molecule has 0 bridgehead atoms. The lowest BCUT2D eigenvalue weighted by molar-refractivity contribution is 0.122. The molecule has 10 heteroatoms. The number of anilines is 5. The van der Waals surface area contributed by atoms with Gasteiger partial charge in [-0.1, -0.05) is 0 Å². The standard InChI is InChI=1S/C21H23FN6O3/c1-29-17-8-7-16(13-18(17)30-2)24-20-25-19(23-15-5-3-14(22)4-6-15)26-21(27-20)28-9-11-31-12-10-28/h3-8,13H,9-12H2,1-2H3,(H2,23,24,25,26,27). The second-order valence-electron chi connectivity index (χ2n) is 6.71. The zero-order valence-electron chi connectivity index (χ0n) is 17.3. The van der Waals surface area contributed by atoms with Crippen molar-refractivity contribution in [2.24, 2.45) is 0 Å². The summed E-state index contributed by atoms with van der Waals surface area (Å²) in [7, 11) is 3.16. The first-order chi connectivity index (χ1) is 15.1. The largest absolute Gasteiger partial charge is 0.493 e. The van der Waals surface area contributed by atoms with Crippen molar-refractivity contribution < 1.29 is 18.6 Å². The van der Waals surface area contributed by atoms with Gasteiger partial charge in [-0.2, -0.15) is 15.0 Å². The number of hydrogen-bond donors (Lipinski definition) is 2. The molecule has 0 saturated carbocycles. The average Bonchev–Trinajstić information content (AvgIpc) is 2.81. The maximum absolute atomic E-state index is 13.2. The molecule has 1 aliphatic heterocycles. The Morgan fingerprint density at radius 3 is 2.10 bits per heavy atom. The molecule has 2 heterocycles. The van der Waals surface area contributed by atoms with Crippen molar-refractivity contribution >= 4 is 29.2 Å². The predicted octanol–water partition coefficient (Wildman–Crippen LogP) is 3.35. The van der Waals surface area contributed by atoms with E-state index in [-0.39, 0.29) is 5.82 Å². The number of halogens is 1. The van der Waals surface area contributed by atoms with E-state index in [4.69, 9.17) is 14.2 Å². The number of hydrogen-bond acceptors (Lipinski definition) is 9. The fourth-order valence-electron chi connectivity index (χ4n) is 3.09. The van der Waals surface area contributed by atoms with Crippen LogP contribution in [0.15, 0.2) is 42.5 Å². The summed E-state index contributed by atoms with van der Waals surface area (Å²) >= 11 is 0. The lowest BCUT2D eigenvalue weighted by Gasteiger charge is -2.27. The number of nitrogens with zero attached hydrogens (tertiary/aromatic N) is 4. The topological polar surface area (TPSA) is 93.7 Å². The molecule has 162 valence electrons. The highest BCUT2D eigenvalue weighted by molar-refractivity contribution is 5.62. The molecule has 1 fully saturated rings.